The molecule has 0 radical (unpaired) electrons. The largest absolute Gasteiger partial charge is 0.379 e. The van der Waals surface area contributed by atoms with Crippen molar-refractivity contribution in [1.82, 2.24) is 5.32 Å². The Kier molecular flexibility index (Phi) is 4.18. The molecule has 2 fully saturated rings. The molecule has 0 aromatic carbocycles. The van der Waals surface area contributed by atoms with E-state index in [0.29, 0.717) is 12.5 Å². The highest BCUT2D eigenvalue weighted by atomic mass is 16.5. The van der Waals surface area contributed by atoms with Crippen molar-refractivity contribution >= 4 is 5.91 Å². The molecule has 2 rings (SSSR count). The predicted molar refractivity (Wildman–Crippen MR) is 61.9 cm³/mol. The zero-order valence-corrected chi connectivity index (χ0v) is 9.78. The van der Waals surface area contributed by atoms with Gasteiger partial charge in [0, 0.05) is 12.5 Å². The van der Waals surface area contributed by atoms with Crippen LogP contribution < -0.4 is 11.1 Å². The number of rotatable bonds is 3. The standard InChI is InChI=1S/C12H22N2O2/c13-7-9-2-1-3-10(6-9)12(15)14-11-4-5-16-8-11/h9-11H,1-8,13H2,(H,14,15). The minimum atomic E-state index is 0.183. The maximum atomic E-state index is 12.0. The Hall–Kier alpha value is -0.610. The van der Waals surface area contributed by atoms with Gasteiger partial charge in [-0.1, -0.05) is 6.42 Å². The van der Waals surface area contributed by atoms with Gasteiger partial charge in [0.05, 0.1) is 12.6 Å². The average Bonchev–Trinajstić information content (AvgIpc) is 2.82. The Morgan fingerprint density at radius 1 is 1.38 bits per heavy atom. The van der Waals surface area contributed by atoms with E-state index >= 15 is 0 Å². The Bertz CT molecular complexity index is 239. The molecule has 1 aliphatic carbocycles. The van der Waals surface area contributed by atoms with Gasteiger partial charge in [-0.05, 0) is 38.1 Å². The molecule has 1 heterocycles. The predicted octanol–water partition coefficient (Wildman–Crippen LogP) is 0.657. The van der Waals surface area contributed by atoms with Gasteiger partial charge in [-0.3, -0.25) is 4.79 Å². The summed E-state index contributed by atoms with van der Waals surface area (Å²) < 4.78 is 5.25. The lowest BCUT2D eigenvalue weighted by Crippen LogP contribution is -2.41. The van der Waals surface area contributed by atoms with Crippen molar-refractivity contribution in [3.8, 4) is 0 Å². The molecule has 1 saturated heterocycles. The van der Waals surface area contributed by atoms with E-state index in [2.05, 4.69) is 5.32 Å². The van der Waals surface area contributed by atoms with E-state index in [9.17, 15) is 4.79 Å². The molecule has 92 valence electrons. The maximum Gasteiger partial charge on any atom is 0.223 e. The first-order valence-corrected chi connectivity index (χ1v) is 6.37. The average molecular weight is 226 g/mol. The molecule has 3 N–H and O–H groups in total. The summed E-state index contributed by atoms with van der Waals surface area (Å²) >= 11 is 0. The topological polar surface area (TPSA) is 64.4 Å². The van der Waals surface area contributed by atoms with Crippen molar-refractivity contribution in [3.63, 3.8) is 0 Å². The number of amides is 1. The molecule has 2 aliphatic rings. The smallest absolute Gasteiger partial charge is 0.223 e. The molecule has 0 aromatic rings. The van der Waals surface area contributed by atoms with E-state index in [4.69, 9.17) is 10.5 Å². The van der Waals surface area contributed by atoms with Crippen LogP contribution in [0.25, 0.3) is 0 Å². The van der Waals surface area contributed by atoms with Crippen LogP contribution in [0.5, 0.6) is 0 Å². The van der Waals surface area contributed by atoms with E-state index in [1.54, 1.807) is 0 Å². The Labute approximate surface area is 96.9 Å². The maximum absolute atomic E-state index is 12.0. The van der Waals surface area contributed by atoms with E-state index in [1.807, 2.05) is 0 Å². The quantitative estimate of drug-likeness (QED) is 0.743. The van der Waals surface area contributed by atoms with Gasteiger partial charge in [-0.15, -0.1) is 0 Å². The van der Waals surface area contributed by atoms with E-state index in [-0.39, 0.29) is 17.9 Å². The summed E-state index contributed by atoms with van der Waals surface area (Å²) in [5.41, 5.74) is 5.68. The molecule has 0 aromatic heterocycles. The molecule has 4 nitrogen and oxygen atoms in total. The highest BCUT2D eigenvalue weighted by molar-refractivity contribution is 5.79. The summed E-state index contributed by atoms with van der Waals surface area (Å²) in [7, 11) is 0. The van der Waals surface area contributed by atoms with E-state index in [1.165, 1.54) is 6.42 Å². The zero-order chi connectivity index (χ0) is 11.4. The van der Waals surface area contributed by atoms with Crippen LogP contribution in [-0.4, -0.2) is 31.7 Å². The van der Waals surface area contributed by atoms with Gasteiger partial charge in [0.25, 0.3) is 0 Å². The van der Waals surface area contributed by atoms with Gasteiger partial charge in [0.1, 0.15) is 0 Å². The third kappa shape index (κ3) is 2.95. The number of nitrogens with one attached hydrogen (secondary N) is 1. The van der Waals surface area contributed by atoms with Crippen LogP contribution in [0.15, 0.2) is 0 Å². The minimum Gasteiger partial charge on any atom is -0.379 e. The monoisotopic (exact) mass is 226 g/mol. The van der Waals surface area contributed by atoms with Crippen molar-refractivity contribution in [2.45, 2.75) is 38.1 Å². The molecule has 3 unspecified atom stereocenters. The first-order chi connectivity index (χ1) is 7.79. The SMILES string of the molecule is NCC1CCCC(C(=O)NC2CCOC2)C1. The molecule has 0 bridgehead atoms. The van der Waals surface area contributed by atoms with Gasteiger partial charge in [-0.25, -0.2) is 0 Å². The second-order valence-electron chi connectivity index (χ2n) is 5.03. The summed E-state index contributed by atoms with van der Waals surface area (Å²) in [4.78, 5) is 12.0. The second-order valence-corrected chi connectivity index (χ2v) is 5.03. The van der Waals surface area contributed by atoms with Crippen LogP contribution in [0.2, 0.25) is 0 Å². The molecule has 3 atom stereocenters. The molecular weight excluding hydrogens is 204 g/mol. The first kappa shape index (κ1) is 11.9. The Balaban J connectivity index is 1.79. The number of hydrogen-bond acceptors (Lipinski definition) is 3. The van der Waals surface area contributed by atoms with Gasteiger partial charge in [0.15, 0.2) is 0 Å². The van der Waals surface area contributed by atoms with Crippen molar-refractivity contribution in [2.24, 2.45) is 17.6 Å². The van der Waals surface area contributed by atoms with Gasteiger partial charge >= 0.3 is 0 Å². The normalized spacial score (nSPS) is 34.9. The second kappa shape index (κ2) is 5.64. The molecule has 0 spiro atoms. The number of carbonyl (C=O) groups excluding carboxylic acids is 1. The summed E-state index contributed by atoms with van der Waals surface area (Å²) in [6.45, 7) is 2.18. The summed E-state index contributed by atoms with van der Waals surface area (Å²) in [5, 5.41) is 3.09. The fourth-order valence-corrected chi connectivity index (χ4v) is 2.71. The van der Waals surface area contributed by atoms with Crippen molar-refractivity contribution in [3.05, 3.63) is 0 Å². The summed E-state index contributed by atoms with van der Waals surface area (Å²) in [6, 6.07) is 0.241. The number of hydrogen-bond donors (Lipinski definition) is 2. The van der Waals surface area contributed by atoms with E-state index in [0.717, 1.165) is 38.8 Å². The number of carbonyl (C=O) groups is 1. The zero-order valence-electron chi connectivity index (χ0n) is 9.78. The molecule has 4 heteroatoms. The van der Waals surface area contributed by atoms with Gasteiger partial charge < -0.3 is 15.8 Å². The molecule has 1 saturated carbocycles. The van der Waals surface area contributed by atoms with Crippen LogP contribution in [0.3, 0.4) is 0 Å². The lowest BCUT2D eigenvalue weighted by molar-refractivity contribution is -0.127. The van der Waals surface area contributed by atoms with Crippen molar-refractivity contribution < 1.29 is 9.53 Å². The third-order valence-electron chi connectivity index (χ3n) is 3.76. The number of nitrogens with two attached hydrogens (primary N) is 1. The molecule has 1 aliphatic heterocycles. The lowest BCUT2D eigenvalue weighted by atomic mass is 9.81. The van der Waals surface area contributed by atoms with Crippen LogP contribution in [0.1, 0.15) is 32.1 Å². The highest BCUT2D eigenvalue weighted by Gasteiger charge is 2.28. The highest BCUT2D eigenvalue weighted by Crippen LogP contribution is 2.28. The third-order valence-corrected chi connectivity index (χ3v) is 3.76. The molecular formula is C12H22N2O2. The van der Waals surface area contributed by atoms with Gasteiger partial charge in [-0.2, -0.15) is 0 Å². The molecule has 16 heavy (non-hydrogen) atoms. The van der Waals surface area contributed by atoms with Crippen LogP contribution >= 0.6 is 0 Å². The fraction of sp³-hybridized carbons (Fsp3) is 0.917. The first-order valence-electron chi connectivity index (χ1n) is 6.37. The van der Waals surface area contributed by atoms with Crippen LogP contribution in [-0.2, 0) is 9.53 Å². The van der Waals surface area contributed by atoms with Crippen LogP contribution in [0, 0.1) is 11.8 Å². The fourth-order valence-electron chi connectivity index (χ4n) is 2.71. The lowest BCUT2D eigenvalue weighted by Gasteiger charge is -2.28. The van der Waals surface area contributed by atoms with Crippen molar-refractivity contribution in [1.29, 1.82) is 0 Å². The molecule has 1 amide bonds. The Morgan fingerprint density at radius 2 is 2.25 bits per heavy atom. The van der Waals surface area contributed by atoms with E-state index < -0.39 is 0 Å². The summed E-state index contributed by atoms with van der Waals surface area (Å²) in [6.07, 6.45) is 5.28. The minimum absolute atomic E-state index is 0.183. The van der Waals surface area contributed by atoms with Crippen LogP contribution in [0.4, 0.5) is 0 Å². The van der Waals surface area contributed by atoms with Gasteiger partial charge in [0.2, 0.25) is 5.91 Å². The van der Waals surface area contributed by atoms with Crippen molar-refractivity contribution in [2.75, 3.05) is 19.8 Å². The Morgan fingerprint density at radius 3 is 2.94 bits per heavy atom. The number of ether oxygens (including phenoxy) is 1. The summed E-state index contributed by atoms with van der Waals surface area (Å²) in [5.74, 6) is 0.945.